The number of aromatic nitrogens is 2. The van der Waals surface area contributed by atoms with Gasteiger partial charge < -0.3 is 15.0 Å². The molecule has 1 aromatic carbocycles. The zero-order chi connectivity index (χ0) is 14.5. The Morgan fingerprint density at radius 1 is 1.43 bits per heavy atom. The van der Waals surface area contributed by atoms with Crippen LogP contribution in [0, 0.1) is 0 Å². The second kappa shape index (κ2) is 6.95. The lowest BCUT2D eigenvalue weighted by atomic mass is 10.2. The SMILES string of the molecule is O=C(NCCSC1CCOCC1)c1ccc2nc[nH]c2c1. The number of benzene rings is 1. The van der Waals surface area contributed by atoms with E-state index in [1.165, 1.54) is 0 Å². The van der Waals surface area contributed by atoms with Crippen molar-refractivity contribution in [2.45, 2.75) is 18.1 Å². The number of hydrogen-bond acceptors (Lipinski definition) is 4. The van der Waals surface area contributed by atoms with Gasteiger partial charge in [-0.1, -0.05) is 0 Å². The van der Waals surface area contributed by atoms with Gasteiger partial charge >= 0.3 is 0 Å². The van der Waals surface area contributed by atoms with Crippen LogP contribution in [-0.4, -0.2) is 46.6 Å². The average molecular weight is 305 g/mol. The number of aromatic amines is 1. The monoisotopic (exact) mass is 305 g/mol. The first-order valence-electron chi connectivity index (χ1n) is 7.23. The molecule has 3 rings (SSSR count). The van der Waals surface area contributed by atoms with Crippen LogP contribution in [-0.2, 0) is 4.74 Å². The minimum absolute atomic E-state index is 0.0286. The summed E-state index contributed by atoms with van der Waals surface area (Å²) in [6, 6.07) is 5.50. The van der Waals surface area contributed by atoms with Gasteiger partial charge in [0.25, 0.3) is 5.91 Å². The fourth-order valence-electron chi connectivity index (χ4n) is 2.41. The molecule has 0 atom stereocenters. The molecule has 0 radical (unpaired) electrons. The lowest BCUT2D eigenvalue weighted by Gasteiger charge is -2.21. The van der Waals surface area contributed by atoms with E-state index in [9.17, 15) is 4.79 Å². The molecule has 21 heavy (non-hydrogen) atoms. The van der Waals surface area contributed by atoms with E-state index in [-0.39, 0.29) is 5.91 Å². The molecule has 0 spiro atoms. The fourth-order valence-corrected chi connectivity index (χ4v) is 3.49. The van der Waals surface area contributed by atoms with Crippen molar-refractivity contribution >= 4 is 28.7 Å². The molecule has 1 saturated heterocycles. The van der Waals surface area contributed by atoms with Crippen molar-refractivity contribution in [2.75, 3.05) is 25.5 Å². The van der Waals surface area contributed by atoms with Crippen LogP contribution in [0.2, 0.25) is 0 Å². The van der Waals surface area contributed by atoms with E-state index in [2.05, 4.69) is 15.3 Å². The van der Waals surface area contributed by atoms with Crippen LogP contribution < -0.4 is 5.32 Å². The Labute approximate surface area is 127 Å². The maximum absolute atomic E-state index is 12.1. The molecule has 1 aliphatic rings. The number of rotatable bonds is 5. The van der Waals surface area contributed by atoms with Gasteiger partial charge in [-0.15, -0.1) is 0 Å². The number of carbonyl (C=O) groups excluding carboxylic acids is 1. The van der Waals surface area contributed by atoms with Gasteiger partial charge in [0.05, 0.1) is 17.4 Å². The Hall–Kier alpha value is -1.53. The third-order valence-corrected chi connectivity index (χ3v) is 4.97. The van der Waals surface area contributed by atoms with Crippen LogP contribution in [0.25, 0.3) is 11.0 Å². The lowest BCUT2D eigenvalue weighted by Crippen LogP contribution is -2.27. The summed E-state index contributed by atoms with van der Waals surface area (Å²) in [5.74, 6) is 0.918. The second-order valence-corrected chi connectivity index (χ2v) is 6.48. The first-order valence-corrected chi connectivity index (χ1v) is 8.28. The van der Waals surface area contributed by atoms with Crippen LogP contribution in [0.15, 0.2) is 24.5 Å². The van der Waals surface area contributed by atoms with Crippen molar-refractivity contribution < 1.29 is 9.53 Å². The summed E-state index contributed by atoms with van der Waals surface area (Å²) in [4.78, 5) is 19.3. The normalized spacial score (nSPS) is 16.2. The highest BCUT2D eigenvalue weighted by atomic mass is 32.2. The van der Waals surface area contributed by atoms with Crippen LogP contribution in [0.4, 0.5) is 0 Å². The highest BCUT2D eigenvalue weighted by Gasteiger charge is 2.14. The standard InChI is InChI=1S/C15H19N3O2S/c19-15(11-1-2-13-14(9-11)18-10-17-13)16-5-8-21-12-3-6-20-7-4-12/h1-2,9-10,12H,3-8H2,(H,16,19)(H,17,18). The van der Waals surface area contributed by atoms with E-state index >= 15 is 0 Å². The summed E-state index contributed by atoms with van der Waals surface area (Å²) in [5.41, 5.74) is 2.43. The Kier molecular flexibility index (Phi) is 4.77. The second-order valence-electron chi connectivity index (χ2n) is 5.07. The van der Waals surface area contributed by atoms with E-state index in [4.69, 9.17) is 4.74 Å². The number of ether oxygens (including phenoxy) is 1. The summed E-state index contributed by atoms with van der Waals surface area (Å²) < 4.78 is 5.34. The molecule has 0 saturated carbocycles. The Balaban J connectivity index is 1.45. The van der Waals surface area contributed by atoms with Crippen molar-refractivity contribution in [1.29, 1.82) is 0 Å². The van der Waals surface area contributed by atoms with Crippen molar-refractivity contribution in [3.63, 3.8) is 0 Å². The summed E-state index contributed by atoms with van der Waals surface area (Å²) in [7, 11) is 0. The van der Waals surface area contributed by atoms with Crippen molar-refractivity contribution in [3.8, 4) is 0 Å². The van der Waals surface area contributed by atoms with Gasteiger partial charge in [-0.25, -0.2) is 4.98 Å². The van der Waals surface area contributed by atoms with Gasteiger partial charge in [0, 0.05) is 36.3 Å². The van der Waals surface area contributed by atoms with Gasteiger partial charge in [-0.3, -0.25) is 4.79 Å². The molecule has 0 aliphatic carbocycles. The van der Waals surface area contributed by atoms with E-state index in [0.717, 1.165) is 42.8 Å². The number of nitrogens with one attached hydrogen (secondary N) is 2. The molecule has 2 N–H and O–H groups in total. The molecule has 112 valence electrons. The maximum atomic E-state index is 12.1. The predicted octanol–water partition coefficient (Wildman–Crippen LogP) is 2.20. The van der Waals surface area contributed by atoms with E-state index in [0.29, 0.717) is 17.4 Å². The Morgan fingerprint density at radius 3 is 3.14 bits per heavy atom. The van der Waals surface area contributed by atoms with Crippen LogP contribution >= 0.6 is 11.8 Å². The van der Waals surface area contributed by atoms with Gasteiger partial charge in [-0.05, 0) is 31.0 Å². The number of hydrogen-bond donors (Lipinski definition) is 2. The molecule has 1 aromatic heterocycles. The minimum Gasteiger partial charge on any atom is -0.381 e. The number of H-pyrrole nitrogens is 1. The van der Waals surface area contributed by atoms with E-state index in [1.807, 2.05) is 30.0 Å². The quantitative estimate of drug-likeness (QED) is 0.831. The third-order valence-electron chi connectivity index (χ3n) is 3.59. The highest BCUT2D eigenvalue weighted by molar-refractivity contribution is 7.99. The highest BCUT2D eigenvalue weighted by Crippen LogP contribution is 2.21. The molecule has 5 nitrogen and oxygen atoms in total. The molecule has 1 fully saturated rings. The Bertz CT molecular complexity index is 608. The molecule has 0 unspecified atom stereocenters. The van der Waals surface area contributed by atoms with Crippen LogP contribution in [0.3, 0.4) is 0 Å². The number of fused-ring (bicyclic) bond motifs is 1. The minimum atomic E-state index is -0.0286. The molecule has 2 aromatic rings. The number of amides is 1. The van der Waals surface area contributed by atoms with Crippen LogP contribution in [0.5, 0.6) is 0 Å². The van der Waals surface area contributed by atoms with Crippen LogP contribution in [0.1, 0.15) is 23.2 Å². The first-order chi connectivity index (χ1) is 10.3. The maximum Gasteiger partial charge on any atom is 0.251 e. The topological polar surface area (TPSA) is 67.0 Å². The first kappa shape index (κ1) is 14.4. The third kappa shape index (κ3) is 3.77. The van der Waals surface area contributed by atoms with Crippen molar-refractivity contribution in [3.05, 3.63) is 30.1 Å². The molecular weight excluding hydrogens is 286 g/mol. The predicted molar refractivity (Wildman–Crippen MR) is 84.7 cm³/mol. The summed E-state index contributed by atoms with van der Waals surface area (Å²) >= 11 is 1.93. The largest absolute Gasteiger partial charge is 0.381 e. The number of imidazole rings is 1. The summed E-state index contributed by atoms with van der Waals surface area (Å²) in [6.07, 6.45) is 3.88. The summed E-state index contributed by atoms with van der Waals surface area (Å²) in [5, 5.41) is 3.65. The van der Waals surface area contributed by atoms with Gasteiger partial charge in [0.15, 0.2) is 0 Å². The zero-order valence-electron chi connectivity index (χ0n) is 11.8. The molecule has 0 bridgehead atoms. The molecule has 2 heterocycles. The average Bonchev–Trinajstić information content (AvgIpc) is 3.00. The van der Waals surface area contributed by atoms with Gasteiger partial charge in [0.2, 0.25) is 0 Å². The number of nitrogens with zero attached hydrogens (tertiary/aromatic N) is 1. The molecule has 1 amide bonds. The van der Waals surface area contributed by atoms with E-state index < -0.39 is 0 Å². The molecule has 6 heteroatoms. The molecular formula is C15H19N3O2S. The fraction of sp³-hybridized carbons (Fsp3) is 0.467. The number of thioether (sulfide) groups is 1. The molecule has 1 aliphatic heterocycles. The van der Waals surface area contributed by atoms with Crippen molar-refractivity contribution in [2.24, 2.45) is 0 Å². The zero-order valence-corrected chi connectivity index (χ0v) is 12.6. The smallest absolute Gasteiger partial charge is 0.251 e. The summed E-state index contributed by atoms with van der Waals surface area (Å²) in [6.45, 7) is 2.43. The van der Waals surface area contributed by atoms with E-state index in [1.54, 1.807) is 6.33 Å². The van der Waals surface area contributed by atoms with Crippen molar-refractivity contribution in [1.82, 2.24) is 15.3 Å². The number of carbonyl (C=O) groups is 1. The van der Waals surface area contributed by atoms with Gasteiger partial charge in [0.1, 0.15) is 0 Å². The van der Waals surface area contributed by atoms with Gasteiger partial charge in [-0.2, -0.15) is 11.8 Å². The Morgan fingerprint density at radius 2 is 2.29 bits per heavy atom. The lowest BCUT2D eigenvalue weighted by molar-refractivity contribution is 0.0955.